The van der Waals surface area contributed by atoms with Gasteiger partial charge < -0.3 is 0 Å². The zero-order valence-electron chi connectivity index (χ0n) is 28.3. The minimum absolute atomic E-state index is 0.128. The van der Waals surface area contributed by atoms with Gasteiger partial charge in [0.1, 0.15) is 11.6 Å². The average Bonchev–Trinajstić information content (AvgIpc) is 3.46. The van der Waals surface area contributed by atoms with Crippen LogP contribution >= 0.6 is 0 Å². The van der Waals surface area contributed by atoms with Gasteiger partial charge in [-0.1, -0.05) is 89.7 Å². The summed E-state index contributed by atoms with van der Waals surface area (Å²) >= 11 is 0. The maximum atomic E-state index is 16.0. The summed E-state index contributed by atoms with van der Waals surface area (Å²) in [5.74, 6) is -1.43. The van der Waals surface area contributed by atoms with Crippen LogP contribution in [0.1, 0.15) is 65.2 Å². The number of allylic oxidation sites excluding steroid dienone is 1. The number of fused-ring (bicyclic) bond motifs is 8. The topological polar surface area (TPSA) is 3.88 Å². The van der Waals surface area contributed by atoms with E-state index in [2.05, 4.69) is 76.1 Å². The zero-order valence-corrected chi connectivity index (χ0v) is 28.3. The van der Waals surface area contributed by atoms with Gasteiger partial charge in [-0.3, -0.25) is 0 Å². The molecule has 48 heavy (non-hydrogen) atoms. The maximum Gasteiger partial charge on any atom is 0.394 e. The minimum Gasteiger partial charge on any atom is -0.206 e. The van der Waals surface area contributed by atoms with Crippen LogP contribution in [0.2, 0.25) is 0 Å². The molecule has 1 nitrogen and oxygen atoms in total. The normalized spacial score (nSPS) is 20.4. The maximum absolute atomic E-state index is 16.0. The van der Waals surface area contributed by atoms with Crippen LogP contribution in [0.3, 0.4) is 0 Å². The predicted molar refractivity (Wildman–Crippen MR) is 183 cm³/mol. The first kappa shape index (κ1) is 32.2. The lowest BCUT2D eigenvalue weighted by Crippen LogP contribution is -2.52. The molecule has 1 aliphatic heterocycles. The van der Waals surface area contributed by atoms with Gasteiger partial charge in [-0.05, 0) is 75.5 Å². The number of nitrogens with zero attached hydrogens (tertiary/aromatic N) is 1. The quantitative estimate of drug-likeness (QED) is 0.103. The van der Waals surface area contributed by atoms with Crippen molar-refractivity contribution in [1.82, 2.24) is 0 Å². The molecule has 1 aromatic heterocycles. The first-order valence-electron chi connectivity index (χ1n) is 16.3. The Kier molecular flexibility index (Phi) is 6.78. The van der Waals surface area contributed by atoms with Crippen LogP contribution < -0.4 is 4.57 Å². The summed E-state index contributed by atoms with van der Waals surface area (Å²) in [6.45, 7) is 17.8. The summed E-state index contributed by atoms with van der Waals surface area (Å²) in [7, 11) is 0. The van der Waals surface area contributed by atoms with Crippen molar-refractivity contribution in [3.05, 3.63) is 126 Å². The Morgan fingerprint density at radius 1 is 0.729 bits per heavy atom. The van der Waals surface area contributed by atoms with E-state index < -0.39 is 28.8 Å². The number of hydrogen-bond donors (Lipinski definition) is 0. The van der Waals surface area contributed by atoms with Crippen LogP contribution in [-0.2, 0) is 22.8 Å². The van der Waals surface area contributed by atoms with Gasteiger partial charge in [-0.15, -0.1) is 0 Å². The summed E-state index contributed by atoms with van der Waals surface area (Å²) < 4.78 is 74.4. The van der Waals surface area contributed by atoms with Gasteiger partial charge in [0.05, 0.1) is 22.0 Å². The smallest absolute Gasteiger partial charge is 0.206 e. The van der Waals surface area contributed by atoms with Gasteiger partial charge >= 0.3 is 6.18 Å². The molecule has 2 atom stereocenters. The Hall–Kier alpha value is -4.32. The van der Waals surface area contributed by atoms with Crippen LogP contribution in [0.15, 0.2) is 97.2 Å². The molecule has 2 aliphatic rings. The lowest BCUT2D eigenvalue weighted by molar-refractivity contribution is -0.727. The molecule has 6 heteroatoms. The number of halogens is 5. The molecular weight excluding hydrogens is 613 g/mol. The standard InChI is InChI=1S/C42H39F5N/c1-24-40(7)37-30-12-10-9-11-29(30)32(38(2,3)4)22-31(37)35-21-27(17-18-48(35)41(24,40)8)36-33(43)19-28(20-34(36)44)26-15-13-25(14-16-26)23-39(5,6)42(45,46)47/h9-22H,1,23H2,2-8H3/q+1. The fraction of sp³-hybridized carbons (Fsp3) is 0.310. The Labute approximate surface area is 278 Å². The number of aromatic nitrogens is 1. The van der Waals surface area contributed by atoms with E-state index in [-0.39, 0.29) is 22.8 Å². The molecule has 0 saturated heterocycles. The van der Waals surface area contributed by atoms with Gasteiger partial charge in [-0.2, -0.15) is 17.7 Å². The molecule has 4 aromatic carbocycles. The molecule has 0 radical (unpaired) electrons. The number of pyridine rings is 1. The SMILES string of the molecule is C=C1C2(C)c3c(cc(C(C)(C)C)c4ccccc34)-c3cc(-c4c(F)cc(-c5ccc(CC(C)(C)C(F)(F)F)cc5)cc4F)cc[n+]3C12C. The first-order valence-corrected chi connectivity index (χ1v) is 16.3. The average molecular weight is 653 g/mol. The van der Waals surface area contributed by atoms with E-state index in [1.807, 2.05) is 12.3 Å². The Bertz CT molecular complexity index is 2140. The van der Waals surface area contributed by atoms with Crippen molar-refractivity contribution in [1.29, 1.82) is 0 Å². The predicted octanol–water partition coefficient (Wildman–Crippen LogP) is 11.4. The van der Waals surface area contributed by atoms with E-state index in [0.29, 0.717) is 22.3 Å². The second-order valence-electron chi connectivity index (χ2n) is 15.6. The monoisotopic (exact) mass is 652 g/mol. The Morgan fingerprint density at radius 3 is 1.92 bits per heavy atom. The van der Waals surface area contributed by atoms with Gasteiger partial charge in [0.25, 0.3) is 0 Å². The molecule has 2 heterocycles. The highest BCUT2D eigenvalue weighted by Crippen LogP contribution is 2.68. The molecule has 0 amide bonds. The van der Waals surface area contributed by atoms with Crippen molar-refractivity contribution >= 4 is 10.8 Å². The third kappa shape index (κ3) is 4.44. The summed E-state index contributed by atoms with van der Waals surface area (Å²) in [5.41, 5.74) is 4.24. The fourth-order valence-electron chi connectivity index (χ4n) is 7.97. The Balaban J connectivity index is 1.33. The van der Waals surface area contributed by atoms with Crippen LogP contribution in [0.4, 0.5) is 22.0 Å². The second-order valence-corrected chi connectivity index (χ2v) is 15.6. The number of alkyl halides is 3. The Morgan fingerprint density at radius 2 is 1.33 bits per heavy atom. The molecule has 1 fully saturated rings. The van der Waals surface area contributed by atoms with Crippen LogP contribution in [-0.4, -0.2) is 6.18 Å². The van der Waals surface area contributed by atoms with Gasteiger partial charge in [0.15, 0.2) is 6.20 Å². The molecule has 1 saturated carbocycles. The van der Waals surface area contributed by atoms with Crippen LogP contribution in [0.5, 0.6) is 0 Å². The lowest BCUT2D eigenvalue weighted by Gasteiger charge is -2.30. The highest BCUT2D eigenvalue weighted by molar-refractivity contribution is 5.98. The molecule has 7 rings (SSSR count). The van der Waals surface area contributed by atoms with E-state index in [9.17, 15) is 13.2 Å². The third-order valence-electron chi connectivity index (χ3n) is 11.2. The lowest BCUT2D eigenvalue weighted by atomic mass is 9.75. The van der Waals surface area contributed by atoms with E-state index in [0.717, 1.165) is 30.7 Å². The summed E-state index contributed by atoms with van der Waals surface area (Å²) in [4.78, 5) is 0. The van der Waals surface area contributed by atoms with E-state index >= 15 is 8.78 Å². The summed E-state index contributed by atoms with van der Waals surface area (Å²) in [6.07, 6.45) is -2.63. The largest absolute Gasteiger partial charge is 0.394 e. The van der Waals surface area contributed by atoms with Crippen molar-refractivity contribution in [2.24, 2.45) is 5.41 Å². The van der Waals surface area contributed by atoms with Gasteiger partial charge in [0, 0.05) is 30.2 Å². The molecular formula is C42H39F5N+. The van der Waals surface area contributed by atoms with Crippen molar-refractivity contribution < 1.29 is 26.5 Å². The van der Waals surface area contributed by atoms with Crippen molar-refractivity contribution in [2.75, 3.05) is 0 Å². The van der Waals surface area contributed by atoms with Crippen molar-refractivity contribution in [2.45, 2.75) is 77.4 Å². The number of rotatable bonds is 4. The molecule has 0 bridgehead atoms. The highest BCUT2D eigenvalue weighted by Gasteiger charge is 2.77. The van der Waals surface area contributed by atoms with Crippen LogP contribution in [0, 0.1) is 17.0 Å². The van der Waals surface area contributed by atoms with Crippen molar-refractivity contribution in [3.8, 4) is 33.5 Å². The van der Waals surface area contributed by atoms with E-state index in [4.69, 9.17) is 0 Å². The molecule has 1 aliphatic carbocycles. The molecule has 0 N–H and O–H groups in total. The summed E-state index contributed by atoms with van der Waals surface area (Å²) in [6, 6.07) is 23.3. The zero-order chi connectivity index (χ0) is 34.8. The molecule has 0 spiro atoms. The fourth-order valence-corrected chi connectivity index (χ4v) is 7.97. The second kappa shape index (κ2) is 10.1. The van der Waals surface area contributed by atoms with Gasteiger partial charge in [-0.25, -0.2) is 8.78 Å². The van der Waals surface area contributed by atoms with Crippen LogP contribution in [0.25, 0.3) is 44.3 Å². The summed E-state index contributed by atoms with van der Waals surface area (Å²) in [5, 5.41) is 2.36. The van der Waals surface area contributed by atoms with E-state index in [1.165, 1.54) is 34.0 Å². The molecule has 246 valence electrons. The highest BCUT2D eigenvalue weighted by atomic mass is 19.4. The van der Waals surface area contributed by atoms with Gasteiger partial charge in [0.2, 0.25) is 11.2 Å². The van der Waals surface area contributed by atoms with Crippen molar-refractivity contribution in [3.63, 3.8) is 0 Å². The first-order chi connectivity index (χ1) is 22.3. The number of benzene rings is 4. The minimum atomic E-state index is -4.35. The number of hydrogen-bond acceptors (Lipinski definition) is 0. The molecule has 2 unspecified atom stereocenters. The molecule has 5 aromatic rings. The third-order valence-corrected chi connectivity index (χ3v) is 11.2. The van der Waals surface area contributed by atoms with E-state index in [1.54, 1.807) is 30.3 Å².